The van der Waals surface area contributed by atoms with E-state index in [1.807, 2.05) is 54.0 Å². The van der Waals surface area contributed by atoms with Gasteiger partial charge in [0.25, 0.3) is 0 Å². The number of hydrogen-bond acceptors (Lipinski definition) is 2. The molecule has 0 saturated heterocycles. The lowest BCUT2D eigenvalue weighted by Gasteiger charge is -2.10. The van der Waals surface area contributed by atoms with Gasteiger partial charge in [-0.25, -0.2) is 4.98 Å². The zero-order valence-electron chi connectivity index (χ0n) is 11.5. The van der Waals surface area contributed by atoms with Gasteiger partial charge in [0.2, 0.25) is 0 Å². The first-order valence-electron chi connectivity index (χ1n) is 6.70. The number of ether oxygens (including phenoxy) is 1. The Bertz CT molecular complexity index is 783. The molecule has 3 aromatic rings. The molecule has 1 aromatic heterocycles. The lowest BCUT2D eigenvalue weighted by Crippen LogP contribution is -1.99. The van der Waals surface area contributed by atoms with E-state index in [2.05, 4.69) is 4.98 Å². The van der Waals surface area contributed by atoms with Gasteiger partial charge in [0.05, 0.1) is 28.7 Å². The van der Waals surface area contributed by atoms with Crippen molar-refractivity contribution < 1.29 is 4.74 Å². The number of aromatic nitrogens is 2. The van der Waals surface area contributed by atoms with Crippen LogP contribution in [0.1, 0.15) is 12.7 Å². The van der Waals surface area contributed by atoms with Crippen molar-refractivity contribution in [2.24, 2.45) is 0 Å². The van der Waals surface area contributed by atoms with Crippen LogP contribution in [0, 0.1) is 0 Å². The van der Waals surface area contributed by atoms with Crippen LogP contribution in [-0.4, -0.2) is 16.2 Å². The summed E-state index contributed by atoms with van der Waals surface area (Å²) in [4.78, 5) is 4.61. The molecule has 0 fully saturated rings. The number of imidazole rings is 1. The molecule has 0 unspecified atom stereocenters. The molecule has 0 atom stereocenters. The SMILES string of the molecule is CCOc1cccc2c1nc(CCl)n2-c1ccccc1Cl. The Morgan fingerprint density at radius 1 is 1.14 bits per heavy atom. The highest BCUT2D eigenvalue weighted by Crippen LogP contribution is 2.31. The Hall–Kier alpha value is -1.71. The predicted octanol–water partition coefficient (Wildman–Crippen LogP) is 4.82. The zero-order valence-corrected chi connectivity index (χ0v) is 13.0. The van der Waals surface area contributed by atoms with Gasteiger partial charge in [-0.1, -0.05) is 29.8 Å². The monoisotopic (exact) mass is 320 g/mol. The van der Waals surface area contributed by atoms with Crippen LogP contribution >= 0.6 is 23.2 Å². The molecule has 0 saturated carbocycles. The molecule has 0 radical (unpaired) electrons. The number of hydrogen-bond donors (Lipinski definition) is 0. The summed E-state index contributed by atoms with van der Waals surface area (Å²) in [7, 11) is 0. The van der Waals surface area contributed by atoms with E-state index in [1.54, 1.807) is 0 Å². The molecule has 21 heavy (non-hydrogen) atoms. The topological polar surface area (TPSA) is 27.1 Å². The molecule has 2 aromatic carbocycles. The molecule has 0 amide bonds. The maximum absolute atomic E-state index is 6.32. The molecule has 3 nitrogen and oxygen atoms in total. The molecule has 0 spiro atoms. The van der Waals surface area contributed by atoms with E-state index < -0.39 is 0 Å². The van der Waals surface area contributed by atoms with Gasteiger partial charge in [-0.2, -0.15) is 0 Å². The van der Waals surface area contributed by atoms with Crippen LogP contribution in [0.4, 0.5) is 0 Å². The van der Waals surface area contributed by atoms with Gasteiger partial charge in [-0.15, -0.1) is 11.6 Å². The maximum Gasteiger partial charge on any atom is 0.147 e. The fourth-order valence-electron chi connectivity index (χ4n) is 2.39. The van der Waals surface area contributed by atoms with Gasteiger partial charge in [-0.3, -0.25) is 4.57 Å². The highest BCUT2D eigenvalue weighted by Gasteiger charge is 2.16. The Labute approximate surface area is 133 Å². The van der Waals surface area contributed by atoms with Crippen molar-refractivity contribution in [3.8, 4) is 11.4 Å². The van der Waals surface area contributed by atoms with E-state index in [4.69, 9.17) is 27.9 Å². The number of para-hydroxylation sites is 2. The quantitative estimate of drug-likeness (QED) is 0.644. The minimum absolute atomic E-state index is 0.297. The average Bonchev–Trinajstić information content (AvgIpc) is 2.88. The second-order valence-electron chi connectivity index (χ2n) is 4.51. The van der Waals surface area contributed by atoms with Crippen LogP contribution in [-0.2, 0) is 5.88 Å². The summed E-state index contributed by atoms with van der Waals surface area (Å²) < 4.78 is 7.63. The first-order valence-corrected chi connectivity index (χ1v) is 7.61. The number of halogens is 2. The third-order valence-electron chi connectivity index (χ3n) is 3.23. The molecule has 0 aliphatic heterocycles. The van der Waals surface area contributed by atoms with Gasteiger partial charge in [0, 0.05) is 0 Å². The van der Waals surface area contributed by atoms with E-state index in [1.165, 1.54) is 0 Å². The smallest absolute Gasteiger partial charge is 0.147 e. The standard InChI is InChI=1S/C16H14Cl2N2O/c1-2-21-14-9-5-8-13-16(14)19-15(10-17)20(13)12-7-4-3-6-11(12)18/h3-9H,2,10H2,1H3. The van der Waals surface area contributed by atoms with E-state index >= 15 is 0 Å². The molecule has 0 bridgehead atoms. The highest BCUT2D eigenvalue weighted by molar-refractivity contribution is 6.32. The molecular formula is C16H14Cl2N2O. The van der Waals surface area contributed by atoms with Gasteiger partial charge in [0.1, 0.15) is 17.1 Å². The largest absolute Gasteiger partial charge is 0.492 e. The van der Waals surface area contributed by atoms with Crippen LogP contribution in [0.5, 0.6) is 5.75 Å². The average molecular weight is 321 g/mol. The Morgan fingerprint density at radius 3 is 2.67 bits per heavy atom. The van der Waals surface area contributed by atoms with Crippen LogP contribution in [0.15, 0.2) is 42.5 Å². The van der Waals surface area contributed by atoms with Crippen molar-refractivity contribution in [2.75, 3.05) is 6.61 Å². The molecule has 0 aliphatic carbocycles. The number of fused-ring (bicyclic) bond motifs is 1. The van der Waals surface area contributed by atoms with E-state index in [-0.39, 0.29) is 0 Å². The van der Waals surface area contributed by atoms with E-state index in [0.29, 0.717) is 17.5 Å². The Balaban J connectivity index is 2.32. The van der Waals surface area contributed by atoms with E-state index in [9.17, 15) is 0 Å². The van der Waals surface area contributed by atoms with Gasteiger partial charge >= 0.3 is 0 Å². The van der Waals surface area contributed by atoms with Crippen LogP contribution < -0.4 is 4.74 Å². The first-order chi connectivity index (χ1) is 10.3. The van der Waals surface area contributed by atoms with Crippen molar-refractivity contribution in [3.63, 3.8) is 0 Å². The Kier molecular flexibility index (Phi) is 4.04. The predicted molar refractivity (Wildman–Crippen MR) is 86.8 cm³/mol. The third kappa shape index (κ3) is 2.47. The fraction of sp³-hybridized carbons (Fsp3) is 0.188. The summed E-state index contributed by atoms with van der Waals surface area (Å²) in [6.07, 6.45) is 0. The van der Waals surface area contributed by atoms with Crippen molar-refractivity contribution in [1.29, 1.82) is 0 Å². The van der Waals surface area contributed by atoms with Crippen molar-refractivity contribution in [2.45, 2.75) is 12.8 Å². The molecule has 0 N–H and O–H groups in total. The summed E-state index contributed by atoms with van der Waals surface area (Å²) in [5.74, 6) is 1.80. The van der Waals surface area contributed by atoms with Crippen LogP contribution in [0.3, 0.4) is 0 Å². The molecule has 3 rings (SSSR count). The minimum Gasteiger partial charge on any atom is -0.492 e. The molecule has 5 heteroatoms. The number of benzene rings is 2. The number of rotatable bonds is 4. The van der Waals surface area contributed by atoms with Gasteiger partial charge in [0.15, 0.2) is 0 Å². The lowest BCUT2D eigenvalue weighted by molar-refractivity contribution is 0.343. The number of alkyl halides is 1. The zero-order chi connectivity index (χ0) is 14.8. The van der Waals surface area contributed by atoms with Gasteiger partial charge < -0.3 is 4.74 Å². The van der Waals surface area contributed by atoms with E-state index in [0.717, 1.165) is 28.3 Å². The van der Waals surface area contributed by atoms with Crippen molar-refractivity contribution in [1.82, 2.24) is 9.55 Å². The molecule has 108 valence electrons. The number of nitrogens with zero attached hydrogens (tertiary/aromatic N) is 2. The molecule has 0 aliphatic rings. The summed E-state index contributed by atoms with van der Waals surface area (Å²) >= 11 is 12.4. The summed E-state index contributed by atoms with van der Waals surface area (Å²) in [6, 6.07) is 13.5. The van der Waals surface area contributed by atoms with Gasteiger partial charge in [-0.05, 0) is 31.2 Å². The molecule has 1 heterocycles. The summed E-state index contributed by atoms with van der Waals surface area (Å²) in [5, 5.41) is 0.657. The van der Waals surface area contributed by atoms with Crippen LogP contribution in [0.25, 0.3) is 16.7 Å². The lowest BCUT2D eigenvalue weighted by atomic mass is 10.2. The summed E-state index contributed by atoms with van der Waals surface area (Å²) in [5.41, 5.74) is 2.60. The second-order valence-corrected chi connectivity index (χ2v) is 5.18. The minimum atomic E-state index is 0.297. The van der Waals surface area contributed by atoms with Crippen molar-refractivity contribution >= 4 is 34.2 Å². The van der Waals surface area contributed by atoms with Crippen LogP contribution in [0.2, 0.25) is 5.02 Å². The Morgan fingerprint density at radius 2 is 1.95 bits per heavy atom. The normalized spacial score (nSPS) is 11.0. The molecular weight excluding hydrogens is 307 g/mol. The van der Waals surface area contributed by atoms with Crippen molar-refractivity contribution in [3.05, 3.63) is 53.3 Å². The third-order valence-corrected chi connectivity index (χ3v) is 3.79. The second kappa shape index (κ2) is 5.96. The maximum atomic E-state index is 6.32. The first kappa shape index (κ1) is 14.2. The highest BCUT2D eigenvalue weighted by atomic mass is 35.5. The summed E-state index contributed by atoms with van der Waals surface area (Å²) in [6.45, 7) is 2.54. The fourth-order valence-corrected chi connectivity index (χ4v) is 2.78.